The molecule has 1 aliphatic heterocycles. The van der Waals surface area contributed by atoms with E-state index < -0.39 is 0 Å². The summed E-state index contributed by atoms with van der Waals surface area (Å²) in [6, 6.07) is 6.44. The number of methoxy groups -OCH3 is 2. The van der Waals surface area contributed by atoms with Crippen LogP contribution in [0.5, 0.6) is 11.5 Å². The highest BCUT2D eigenvalue weighted by atomic mass is 16.5. The fraction of sp³-hybridized carbons (Fsp3) is 0.647. The highest BCUT2D eigenvalue weighted by molar-refractivity contribution is 5.39. The second-order valence-electron chi connectivity index (χ2n) is 5.62. The number of nitrogens with one attached hydrogen (secondary N) is 1. The molecule has 1 aliphatic rings. The van der Waals surface area contributed by atoms with Crippen LogP contribution in [0.25, 0.3) is 0 Å². The van der Waals surface area contributed by atoms with Gasteiger partial charge in [-0.15, -0.1) is 0 Å². The third-order valence-electron chi connectivity index (χ3n) is 4.01. The lowest BCUT2D eigenvalue weighted by Crippen LogP contribution is -2.25. The molecule has 0 aromatic heterocycles. The first-order chi connectivity index (χ1) is 10.3. The molecule has 4 nitrogen and oxygen atoms in total. The highest BCUT2D eigenvalue weighted by Crippen LogP contribution is 2.31. The second-order valence-corrected chi connectivity index (χ2v) is 5.62. The first-order valence-corrected chi connectivity index (χ1v) is 7.81. The first kappa shape index (κ1) is 16.1. The number of hydrogen-bond donors (Lipinski definition) is 1. The molecule has 0 spiro atoms. The maximum atomic E-state index is 5.51. The van der Waals surface area contributed by atoms with Crippen LogP contribution in [0.1, 0.15) is 37.8 Å². The molecule has 1 aromatic rings. The minimum absolute atomic E-state index is 0.320. The van der Waals surface area contributed by atoms with Crippen LogP contribution in [-0.2, 0) is 4.74 Å². The molecule has 2 atom stereocenters. The molecule has 1 N–H and O–H groups in total. The van der Waals surface area contributed by atoms with E-state index in [4.69, 9.17) is 14.2 Å². The van der Waals surface area contributed by atoms with Crippen molar-refractivity contribution in [3.8, 4) is 11.5 Å². The fourth-order valence-corrected chi connectivity index (χ4v) is 2.79. The van der Waals surface area contributed by atoms with Crippen LogP contribution in [0.15, 0.2) is 18.2 Å². The molecule has 2 rings (SSSR count). The molecule has 1 fully saturated rings. The fourth-order valence-electron chi connectivity index (χ4n) is 2.79. The third kappa shape index (κ3) is 4.61. The summed E-state index contributed by atoms with van der Waals surface area (Å²) in [5, 5.41) is 3.65. The van der Waals surface area contributed by atoms with Crippen molar-refractivity contribution in [3.63, 3.8) is 0 Å². The van der Waals surface area contributed by atoms with Crippen molar-refractivity contribution in [3.05, 3.63) is 23.8 Å². The minimum atomic E-state index is 0.320. The first-order valence-electron chi connectivity index (χ1n) is 7.81. The summed E-state index contributed by atoms with van der Waals surface area (Å²) in [5.41, 5.74) is 1.23. The molecule has 0 bridgehead atoms. The van der Waals surface area contributed by atoms with Gasteiger partial charge in [-0.1, -0.05) is 6.92 Å². The number of hydrogen-bond acceptors (Lipinski definition) is 4. The summed E-state index contributed by atoms with van der Waals surface area (Å²) in [4.78, 5) is 0. The van der Waals surface area contributed by atoms with Gasteiger partial charge in [-0.25, -0.2) is 0 Å². The minimum Gasteiger partial charge on any atom is -0.497 e. The summed E-state index contributed by atoms with van der Waals surface area (Å²) in [6.45, 7) is 4.98. The van der Waals surface area contributed by atoms with Crippen LogP contribution in [-0.4, -0.2) is 34.0 Å². The number of benzene rings is 1. The van der Waals surface area contributed by atoms with E-state index in [0.717, 1.165) is 50.5 Å². The van der Waals surface area contributed by atoms with Gasteiger partial charge < -0.3 is 19.5 Å². The Labute approximate surface area is 127 Å². The van der Waals surface area contributed by atoms with Gasteiger partial charge in [0.1, 0.15) is 11.5 Å². The van der Waals surface area contributed by atoms with Crippen molar-refractivity contribution in [2.45, 2.75) is 32.2 Å². The highest BCUT2D eigenvalue weighted by Gasteiger charge is 2.22. The average Bonchev–Trinajstić information content (AvgIpc) is 3.03. The van der Waals surface area contributed by atoms with Gasteiger partial charge in [0, 0.05) is 25.3 Å². The normalized spacial score (nSPS) is 19.5. The summed E-state index contributed by atoms with van der Waals surface area (Å²) in [7, 11) is 3.38. The zero-order valence-electron chi connectivity index (χ0n) is 13.4. The van der Waals surface area contributed by atoms with Crippen LogP contribution < -0.4 is 14.8 Å². The monoisotopic (exact) mass is 293 g/mol. The molecule has 21 heavy (non-hydrogen) atoms. The van der Waals surface area contributed by atoms with Gasteiger partial charge >= 0.3 is 0 Å². The van der Waals surface area contributed by atoms with Crippen molar-refractivity contribution >= 4 is 0 Å². The predicted octanol–water partition coefficient (Wildman–Crippen LogP) is 3.17. The molecule has 0 saturated carbocycles. The van der Waals surface area contributed by atoms with Crippen LogP contribution in [0.3, 0.4) is 0 Å². The van der Waals surface area contributed by atoms with Crippen LogP contribution in [0.4, 0.5) is 0 Å². The lowest BCUT2D eigenvalue weighted by atomic mass is 9.93. The predicted molar refractivity (Wildman–Crippen MR) is 84.1 cm³/mol. The Morgan fingerprint density at radius 1 is 1.24 bits per heavy atom. The Balaban J connectivity index is 2.17. The molecule has 1 aromatic carbocycles. The van der Waals surface area contributed by atoms with Crippen LogP contribution in [0, 0.1) is 5.92 Å². The number of rotatable bonds is 8. The van der Waals surface area contributed by atoms with E-state index >= 15 is 0 Å². The maximum absolute atomic E-state index is 5.51. The van der Waals surface area contributed by atoms with Gasteiger partial charge in [0.25, 0.3) is 0 Å². The second kappa shape index (κ2) is 8.25. The molecule has 0 aliphatic carbocycles. The van der Waals surface area contributed by atoms with E-state index in [2.05, 4.69) is 24.4 Å². The van der Waals surface area contributed by atoms with E-state index in [1.807, 2.05) is 6.07 Å². The Hall–Kier alpha value is -1.26. The summed E-state index contributed by atoms with van der Waals surface area (Å²) in [5.74, 6) is 2.32. The van der Waals surface area contributed by atoms with Crippen molar-refractivity contribution < 1.29 is 14.2 Å². The summed E-state index contributed by atoms with van der Waals surface area (Å²) >= 11 is 0. The zero-order chi connectivity index (χ0) is 15.1. The van der Waals surface area contributed by atoms with E-state index in [-0.39, 0.29) is 0 Å². The maximum Gasteiger partial charge on any atom is 0.122 e. The molecule has 0 radical (unpaired) electrons. The largest absolute Gasteiger partial charge is 0.497 e. The van der Waals surface area contributed by atoms with Gasteiger partial charge in [-0.2, -0.15) is 0 Å². The van der Waals surface area contributed by atoms with E-state index in [0.29, 0.717) is 12.0 Å². The van der Waals surface area contributed by atoms with E-state index in [1.54, 1.807) is 14.2 Å². The molecule has 2 unspecified atom stereocenters. The van der Waals surface area contributed by atoms with Gasteiger partial charge in [-0.05, 0) is 49.4 Å². The Bertz CT molecular complexity index is 408. The molecule has 1 saturated heterocycles. The smallest absolute Gasteiger partial charge is 0.122 e. The quantitative estimate of drug-likeness (QED) is 0.799. The standard InChI is InChI=1S/C17H27NO3/c1-4-6-18-17(8-13-5-7-21-12-13)14-9-15(19-2)11-16(10-14)20-3/h9-11,13,17-18H,4-8,12H2,1-3H3. The molecule has 1 heterocycles. The molecule has 0 amide bonds. The summed E-state index contributed by atoms with van der Waals surface area (Å²) in [6.07, 6.45) is 3.38. The Morgan fingerprint density at radius 3 is 2.48 bits per heavy atom. The molecule has 4 heteroatoms. The van der Waals surface area contributed by atoms with Crippen LogP contribution in [0.2, 0.25) is 0 Å². The van der Waals surface area contributed by atoms with Crippen LogP contribution >= 0.6 is 0 Å². The van der Waals surface area contributed by atoms with Gasteiger partial charge in [-0.3, -0.25) is 0 Å². The molecular formula is C17H27NO3. The Morgan fingerprint density at radius 2 is 1.95 bits per heavy atom. The SMILES string of the molecule is CCCNC(CC1CCOC1)c1cc(OC)cc(OC)c1. The van der Waals surface area contributed by atoms with Gasteiger partial charge in [0.15, 0.2) is 0 Å². The lowest BCUT2D eigenvalue weighted by Gasteiger charge is -2.23. The topological polar surface area (TPSA) is 39.7 Å². The third-order valence-corrected chi connectivity index (χ3v) is 4.01. The zero-order valence-corrected chi connectivity index (χ0v) is 13.4. The molecular weight excluding hydrogens is 266 g/mol. The van der Waals surface area contributed by atoms with E-state index in [1.165, 1.54) is 5.56 Å². The van der Waals surface area contributed by atoms with E-state index in [9.17, 15) is 0 Å². The Kier molecular flexibility index (Phi) is 6.33. The molecule has 118 valence electrons. The van der Waals surface area contributed by atoms with Gasteiger partial charge in [0.2, 0.25) is 0 Å². The van der Waals surface area contributed by atoms with Crippen molar-refractivity contribution in [2.75, 3.05) is 34.0 Å². The van der Waals surface area contributed by atoms with Crippen molar-refractivity contribution in [2.24, 2.45) is 5.92 Å². The summed E-state index contributed by atoms with van der Waals surface area (Å²) < 4.78 is 16.3. The van der Waals surface area contributed by atoms with Gasteiger partial charge in [0.05, 0.1) is 14.2 Å². The number of ether oxygens (including phenoxy) is 3. The van der Waals surface area contributed by atoms with Crippen molar-refractivity contribution in [1.29, 1.82) is 0 Å². The van der Waals surface area contributed by atoms with Crippen molar-refractivity contribution in [1.82, 2.24) is 5.32 Å². The lowest BCUT2D eigenvalue weighted by molar-refractivity contribution is 0.181. The average molecular weight is 293 g/mol.